The van der Waals surface area contributed by atoms with E-state index in [0.29, 0.717) is 0 Å². The third-order valence-electron chi connectivity index (χ3n) is 3.06. The van der Waals surface area contributed by atoms with E-state index in [9.17, 15) is 4.79 Å². The minimum Gasteiger partial charge on any atom is -0.337 e. The van der Waals surface area contributed by atoms with Crippen LogP contribution in [0.2, 0.25) is 0 Å². The van der Waals surface area contributed by atoms with Crippen LogP contribution in [-0.2, 0) is 0 Å². The summed E-state index contributed by atoms with van der Waals surface area (Å²) in [6.07, 6.45) is 5.60. The number of rotatable bonds is 6. The zero-order valence-electron chi connectivity index (χ0n) is 11.0. The van der Waals surface area contributed by atoms with Gasteiger partial charge in [-0.25, -0.2) is 4.79 Å². The minimum atomic E-state index is -0.0210. The fourth-order valence-electron chi connectivity index (χ4n) is 1.89. The lowest BCUT2D eigenvalue weighted by molar-refractivity contribution is 0.236. The van der Waals surface area contributed by atoms with E-state index in [-0.39, 0.29) is 16.8 Å². The molecule has 1 saturated heterocycles. The Hall–Kier alpha value is -0.0300. The predicted molar refractivity (Wildman–Crippen MR) is 79.1 cm³/mol. The van der Waals surface area contributed by atoms with E-state index in [1.165, 1.54) is 18.6 Å². The van der Waals surface area contributed by atoms with Crippen LogP contribution in [0.3, 0.4) is 0 Å². The van der Waals surface area contributed by atoms with E-state index in [1.54, 1.807) is 0 Å². The van der Waals surface area contributed by atoms with Gasteiger partial charge in [0.1, 0.15) is 0 Å². The van der Waals surface area contributed by atoms with Crippen LogP contribution >= 0.6 is 23.5 Å². The summed E-state index contributed by atoms with van der Waals surface area (Å²) in [4.78, 5) is 11.7. The Bertz CT molecular complexity index is 243. The SMILES string of the molecule is CSCC[C@@H](C)NC(=O)NC[C@]1(C)CCCS1. The van der Waals surface area contributed by atoms with Gasteiger partial charge in [-0.2, -0.15) is 23.5 Å². The Morgan fingerprint density at radius 2 is 2.35 bits per heavy atom. The molecule has 3 nitrogen and oxygen atoms in total. The Balaban J connectivity index is 2.16. The van der Waals surface area contributed by atoms with Gasteiger partial charge in [-0.05, 0) is 50.9 Å². The number of nitrogens with one attached hydrogen (secondary N) is 2. The summed E-state index contributed by atoms with van der Waals surface area (Å²) in [5.41, 5.74) is 0. The number of carbonyl (C=O) groups is 1. The molecule has 2 N–H and O–H groups in total. The first-order valence-electron chi connectivity index (χ1n) is 6.23. The molecule has 0 unspecified atom stereocenters. The fraction of sp³-hybridized carbons (Fsp3) is 0.917. The summed E-state index contributed by atoms with van der Waals surface area (Å²) in [7, 11) is 0. The van der Waals surface area contributed by atoms with Crippen molar-refractivity contribution in [1.82, 2.24) is 10.6 Å². The molecule has 0 radical (unpaired) electrons. The monoisotopic (exact) mass is 276 g/mol. The second-order valence-electron chi connectivity index (χ2n) is 4.91. The van der Waals surface area contributed by atoms with Gasteiger partial charge in [0.05, 0.1) is 0 Å². The molecule has 1 aliphatic heterocycles. The van der Waals surface area contributed by atoms with Crippen molar-refractivity contribution in [3.63, 3.8) is 0 Å². The van der Waals surface area contributed by atoms with Crippen molar-refractivity contribution in [1.29, 1.82) is 0 Å². The molecule has 1 aliphatic rings. The Morgan fingerprint density at radius 3 is 2.94 bits per heavy atom. The van der Waals surface area contributed by atoms with Gasteiger partial charge in [0.25, 0.3) is 0 Å². The van der Waals surface area contributed by atoms with Crippen molar-refractivity contribution in [2.45, 2.75) is 43.9 Å². The van der Waals surface area contributed by atoms with Gasteiger partial charge in [-0.15, -0.1) is 0 Å². The summed E-state index contributed by atoms with van der Waals surface area (Å²) in [5.74, 6) is 2.32. The molecule has 5 heteroatoms. The number of amides is 2. The fourth-order valence-corrected chi connectivity index (χ4v) is 3.72. The lowest BCUT2D eigenvalue weighted by Gasteiger charge is -2.23. The standard InChI is InChI=1S/C12H24N2OS2/c1-10(5-8-16-3)14-11(15)13-9-12(2)6-4-7-17-12/h10H,4-9H2,1-3H3,(H2,13,14,15)/t10-,12+/m1/s1. The molecule has 1 heterocycles. The molecule has 2 atom stereocenters. The average molecular weight is 276 g/mol. The first kappa shape index (κ1) is 15.0. The van der Waals surface area contributed by atoms with Gasteiger partial charge in [-0.3, -0.25) is 0 Å². The molecule has 17 heavy (non-hydrogen) atoms. The van der Waals surface area contributed by atoms with E-state index in [0.717, 1.165) is 18.7 Å². The third kappa shape index (κ3) is 5.91. The van der Waals surface area contributed by atoms with Crippen LogP contribution in [0.15, 0.2) is 0 Å². The first-order valence-corrected chi connectivity index (χ1v) is 8.61. The number of hydrogen-bond acceptors (Lipinski definition) is 3. The minimum absolute atomic E-state index is 0.0210. The second-order valence-corrected chi connectivity index (χ2v) is 7.58. The molecule has 0 aromatic carbocycles. The molecule has 0 aromatic rings. The summed E-state index contributed by atoms with van der Waals surface area (Å²) >= 11 is 3.79. The van der Waals surface area contributed by atoms with Crippen LogP contribution < -0.4 is 10.6 Å². The van der Waals surface area contributed by atoms with E-state index in [2.05, 4.69) is 30.7 Å². The van der Waals surface area contributed by atoms with Gasteiger partial charge in [0, 0.05) is 17.3 Å². The quantitative estimate of drug-likeness (QED) is 0.784. The summed E-state index contributed by atoms with van der Waals surface area (Å²) in [5, 5.41) is 5.98. The number of carbonyl (C=O) groups excluding carboxylic acids is 1. The molecule has 0 bridgehead atoms. The third-order valence-corrected chi connectivity index (χ3v) is 5.24. The van der Waals surface area contributed by atoms with Gasteiger partial charge in [0.2, 0.25) is 0 Å². The highest BCUT2D eigenvalue weighted by Gasteiger charge is 2.29. The molecule has 1 fully saturated rings. The Morgan fingerprint density at radius 1 is 1.59 bits per heavy atom. The molecule has 1 rings (SSSR count). The molecule has 2 amide bonds. The summed E-state index contributed by atoms with van der Waals surface area (Å²) < 4.78 is 0.250. The second kappa shape index (κ2) is 7.41. The highest BCUT2D eigenvalue weighted by molar-refractivity contribution is 8.00. The first-order chi connectivity index (χ1) is 8.06. The topological polar surface area (TPSA) is 41.1 Å². The lowest BCUT2D eigenvalue weighted by Crippen LogP contribution is -2.45. The van der Waals surface area contributed by atoms with Crippen LogP contribution in [0.1, 0.15) is 33.1 Å². The molecule has 0 spiro atoms. The maximum absolute atomic E-state index is 11.7. The highest BCUT2D eigenvalue weighted by atomic mass is 32.2. The molecule has 100 valence electrons. The van der Waals surface area contributed by atoms with Gasteiger partial charge < -0.3 is 10.6 Å². The van der Waals surface area contributed by atoms with Crippen LogP contribution in [-0.4, -0.2) is 41.1 Å². The number of thioether (sulfide) groups is 2. The van der Waals surface area contributed by atoms with E-state index in [1.807, 2.05) is 23.5 Å². The zero-order valence-corrected chi connectivity index (χ0v) is 12.7. The van der Waals surface area contributed by atoms with Gasteiger partial charge in [0.15, 0.2) is 0 Å². The van der Waals surface area contributed by atoms with E-state index in [4.69, 9.17) is 0 Å². The van der Waals surface area contributed by atoms with Crippen LogP contribution in [0.25, 0.3) is 0 Å². The van der Waals surface area contributed by atoms with Crippen molar-refractivity contribution >= 4 is 29.6 Å². The van der Waals surface area contributed by atoms with Crippen LogP contribution in [0, 0.1) is 0 Å². The van der Waals surface area contributed by atoms with Crippen molar-refractivity contribution in [3.8, 4) is 0 Å². The van der Waals surface area contributed by atoms with Gasteiger partial charge in [-0.1, -0.05) is 0 Å². The normalized spacial score (nSPS) is 25.6. The lowest BCUT2D eigenvalue weighted by atomic mass is 10.1. The smallest absolute Gasteiger partial charge is 0.315 e. The molecular weight excluding hydrogens is 252 g/mol. The van der Waals surface area contributed by atoms with Crippen molar-refractivity contribution in [2.75, 3.05) is 24.3 Å². The number of hydrogen-bond donors (Lipinski definition) is 2. The zero-order chi connectivity index (χ0) is 12.7. The van der Waals surface area contributed by atoms with Crippen LogP contribution in [0.4, 0.5) is 4.79 Å². The highest BCUT2D eigenvalue weighted by Crippen LogP contribution is 2.36. The Kier molecular flexibility index (Phi) is 6.55. The summed E-state index contributed by atoms with van der Waals surface area (Å²) in [6.45, 7) is 5.07. The van der Waals surface area contributed by atoms with E-state index < -0.39 is 0 Å². The molecule has 0 saturated carbocycles. The number of urea groups is 1. The van der Waals surface area contributed by atoms with Crippen molar-refractivity contribution in [2.24, 2.45) is 0 Å². The Labute approximate surface area is 113 Å². The van der Waals surface area contributed by atoms with E-state index >= 15 is 0 Å². The van der Waals surface area contributed by atoms with Gasteiger partial charge >= 0.3 is 6.03 Å². The van der Waals surface area contributed by atoms with Crippen LogP contribution in [0.5, 0.6) is 0 Å². The molecular formula is C12H24N2OS2. The molecule has 0 aromatic heterocycles. The van der Waals surface area contributed by atoms with Crippen molar-refractivity contribution < 1.29 is 4.79 Å². The maximum atomic E-state index is 11.7. The van der Waals surface area contributed by atoms with Crippen molar-refractivity contribution in [3.05, 3.63) is 0 Å². The maximum Gasteiger partial charge on any atom is 0.315 e. The molecule has 0 aliphatic carbocycles. The average Bonchev–Trinajstić information content (AvgIpc) is 2.71. The largest absolute Gasteiger partial charge is 0.337 e. The predicted octanol–water partition coefficient (Wildman–Crippen LogP) is 2.71. The summed E-state index contributed by atoms with van der Waals surface area (Å²) in [6, 6.07) is 0.235.